The van der Waals surface area contributed by atoms with Crippen molar-refractivity contribution in [1.29, 1.82) is 0 Å². The van der Waals surface area contributed by atoms with Gasteiger partial charge in [-0.3, -0.25) is 9.59 Å². The van der Waals surface area contributed by atoms with Crippen molar-refractivity contribution in [2.24, 2.45) is 0 Å². The van der Waals surface area contributed by atoms with Gasteiger partial charge in [0.15, 0.2) is 6.10 Å². The fourth-order valence-corrected chi connectivity index (χ4v) is 6.74. The van der Waals surface area contributed by atoms with Gasteiger partial charge in [-0.05, 0) is 70.6 Å². The third kappa shape index (κ3) is 44.6. The Kier molecular flexibility index (Phi) is 45.4. The van der Waals surface area contributed by atoms with Crippen molar-refractivity contribution in [2.75, 3.05) is 19.8 Å². The lowest BCUT2D eigenvalue weighted by molar-refractivity contribution is -0.163. The third-order valence-corrected chi connectivity index (χ3v) is 10.3. The van der Waals surface area contributed by atoms with Crippen molar-refractivity contribution < 1.29 is 23.8 Å². The molecule has 0 aliphatic heterocycles. The maximum Gasteiger partial charge on any atom is 0.306 e. The van der Waals surface area contributed by atoms with Crippen molar-refractivity contribution in [3.8, 4) is 0 Å². The van der Waals surface area contributed by atoms with Crippen LogP contribution in [0.25, 0.3) is 0 Å². The molecule has 56 heavy (non-hydrogen) atoms. The van der Waals surface area contributed by atoms with Gasteiger partial charge in [0.2, 0.25) is 0 Å². The van der Waals surface area contributed by atoms with Crippen LogP contribution in [0, 0.1) is 0 Å². The van der Waals surface area contributed by atoms with Crippen molar-refractivity contribution in [1.82, 2.24) is 0 Å². The van der Waals surface area contributed by atoms with E-state index in [9.17, 15) is 9.59 Å². The van der Waals surface area contributed by atoms with Crippen molar-refractivity contribution in [3.05, 3.63) is 48.6 Å². The number of carbonyl (C=O) groups is 2. The van der Waals surface area contributed by atoms with Crippen LogP contribution in [0.4, 0.5) is 0 Å². The van der Waals surface area contributed by atoms with Crippen LogP contribution in [0.15, 0.2) is 48.6 Å². The lowest BCUT2D eigenvalue weighted by atomic mass is 10.1. The van der Waals surface area contributed by atoms with E-state index in [1.807, 2.05) is 0 Å². The Labute approximate surface area is 348 Å². The molecule has 0 aromatic carbocycles. The first-order valence-corrected chi connectivity index (χ1v) is 24.2. The Bertz CT molecular complexity index is 935. The predicted octanol–water partition coefficient (Wildman–Crippen LogP) is 16.0. The predicted molar refractivity (Wildman–Crippen MR) is 242 cm³/mol. The number of hydrogen-bond acceptors (Lipinski definition) is 5. The van der Waals surface area contributed by atoms with Gasteiger partial charge in [0.05, 0.1) is 6.61 Å². The van der Waals surface area contributed by atoms with Gasteiger partial charge in [-0.15, -0.1) is 0 Å². The molecule has 0 heterocycles. The van der Waals surface area contributed by atoms with Gasteiger partial charge < -0.3 is 14.2 Å². The molecule has 0 aromatic heterocycles. The first-order valence-electron chi connectivity index (χ1n) is 24.2. The summed E-state index contributed by atoms with van der Waals surface area (Å²) in [5, 5.41) is 0. The first-order chi connectivity index (χ1) is 27.6. The summed E-state index contributed by atoms with van der Waals surface area (Å²) in [4.78, 5) is 25.2. The Morgan fingerprint density at radius 3 is 1.36 bits per heavy atom. The highest BCUT2D eigenvalue weighted by atomic mass is 16.6. The largest absolute Gasteiger partial charge is 0.462 e. The van der Waals surface area contributed by atoms with Crippen molar-refractivity contribution in [2.45, 2.75) is 245 Å². The number of hydrogen-bond donors (Lipinski definition) is 0. The Morgan fingerprint density at radius 1 is 0.411 bits per heavy atom. The summed E-state index contributed by atoms with van der Waals surface area (Å²) in [6.45, 7) is 7.67. The van der Waals surface area contributed by atoms with Crippen molar-refractivity contribution >= 4 is 11.9 Å². The molecule has 1 unspecified atom stereocenters. The van der Waals surface area contributed by atoms with Crippen LogP contribution in [0.5, 0.6) is 0 Å². The van der Waals surface area contributed by atoms with Crippen LogP contribution in [-0.4, -0.2) is 37.9 Å². The zero-order chi connectivity index (χ0) is 40.7. The second-order valence-corrected chi connectivity index (χ2v) is 16.0. The van der Waals surface area contributed by atoms with E-state index in [4.69, 9.17) is 14.2 Å². The fourth-order valence-electron chi connectivity index (χ4n) is 6.74. The molecule has 0 bridgehead atoms. The molecular formula is C51H92O5. The molecule has 0 aromatic rings. The molecule has 5 heteroatoms. The number of rotatable bonds is 44. The molecule has 0 saturated heterocycles. The van der Waals surface area contributed by atoms with Gasteiger partial charge >= 0.3 is 11.9 Å². The zero-order valence-corrected chi connectivity index (χ0v) is 37.4. The monoisotopic (exact) mass is 785 g/mol. The van der Waals surface area contributed by atoms with E-state index in [2.05, 4.69) is 69.4 Å². The number of ether oxygens (including phenoxy) is 3. The standard InChI is InChI=1S/C51H92O5/c1-4-7-10-13-16-19-22-23-24-25-26-27-28-31-34-37-40-43-46-54-47-49(56-51(53)45-42-39-36-33-30-21-18-15-12-9-6-3)48-55-50(52)44-41-38-35-32-29-20-17-14-11-8-5-2/h7,10,14,16-17,19,23-24,49H,4-6,8-9,11-13,15,18,20-22,25-48H2,1-3H3/b10-7-,17-14-,19-16-,24-23-. The van der Waals surface area contributed by atoms with Gasteiger partial charge in [0.25, 0.3) is 0 Å². The molecular weight excluding hydrogens is 693 g/mol. The molecule has 0 amide bonds. The van der Waals surface area contributed by atoms with E-state index in [0.717, 1.165) is 70.6 Å². The highest BCUT2D eigenvalue weighted by Crippen LogP contribution is 2.14. The average molecular weight is 785 g/mol. The van der Waals surface area contributed by atoms with Crippen LogP contribution >= 0.6 is 0 Å². The summed E-state index contributed by atoms with van der Waals surface area (Å²) in [5.41, 5.74) is 0. The van der Waals surface area contributed by atoms with Crippen LogP contribution in [-0.2, 0) is 23.8 Å². The summed E-state index contributed by atoms with van der Waals surface area (Å²) in [5.74, 6) is -0.407. The summed E-state index contributed by atoms with van der Waals surface area (Å²) >= 11 is 0. The minimum absolute atomic E-state index is 0.0803. The highest BCUT2D eigenvalue weighted by Gasteiger charge is 2.17. The van der Waals surface area contributed by atoms with Crippen LogP contribution in [0.2, 0.25) is 0 Å². The minimum atomic E-state index is -0.538. The van der Waals surface area contributed by atoms with E-state index < -0.39 is 6.10 Å². The Morgan fingerprint density at radius 2 is 0.821 bits per heavy atom. The maximum atomic E-state index is 12.7. The van der Waals surface area contributed by atoms with Gasteiger partial charge in [0, 0.05) is 19.4 Å². The van der Waals surface area contributed by atoms with E-state index in [-0.39, 0.29) is 25.2 Å². The topological polar surface area (TPSA) is 61.8 Å². The SMILES string of the molecule is CC/C=C\C/C=C\C/C=C\CCCCCCCCCCOCC(COC(=O)CCCCCCC/C=C\CCCC)OC(=O)CCCCCCCCCCCCC. The zero-order valence-electron chi connectivity index (χ0n) is 37.4. The molecule has 0 saturated carbocycles. The number of allylic oxidation sites excluding steroid dienone is 8. The summed E-state index contributed by atoms with van der Waals surface area (Å²) in [6.07, 6.45) is 56.8. The van der Waals surface area contributed by atoms with Gasteiger partial charge in [-0.1, -0.05) is 204 Å². The van der Waals surface area contributed by atoms with E-state index in [1.54, 1.807) is 0 Å². The summed E-state index contributed by atoms with van der Waals surface area (Å²) in [6, 6.07) is 0. The number of unbranched alkanes of at least 4 members (excludes halogenated alkanes) is 25. The lowest BCUT2D eigenvalue weighted by Gasteiger charge is -2.18. The van der Waals surface area contributed by atoms with E-state index in [0.29, 0.717) is 19.4 Å². The molecule has 1 atom stereocenters. The summed E-state index contributed by atoms with van der Waals surface area (Å²) in [7, 11) is 0. The Balaban J connectivity index is 4.22. The molecule has 0 radical (unpaired) electrons. The number of carbonyl (C=O) groups excluding carboxylic acids is 2. The molecule has 326 valence electrons. The van der Waals surface area contributed by atoms with Crippen LogP contribution in [0.3, 0.4) is 0 Å². The fraction of sp³-hybridized carbons (Fsp3) is 0.804. The van der Waals surface area contributed by atoms with Crippen LogP contribution in [0.1, 0.15) is 239 Å². The molecule has 0 spiro atoms. The Hall–Kier alpha value is -2.14. The molecule has 0 aliphatic rings. The van der Waals surface area contributed by atoms with Gasteiger partial charge in [-0.25, -0.2) is 0 Å². The second kappa shape index (κ2) is 47.2. The molecule has 0 fully saturated rings. The van der Waals surface area contributed by atoms with Crippen molar-refractivity contribution in [3.63, 3.8) is 0 Å². The number of esters is 2. The minimum Gasteiger partial charge on any atom is -0.462 e. The lowest BCUT2D eigenvalue weighted by Crippen LogP contribution is -2.30. The third-order valence-electron chi connectivity index (χ3n) is 10.3. The molecule has 0 rings (SSSR count). The van der Waals surface area contributed by atoms with E-state index >= 15 is 0 Å². The van der Waals surface area contributed by atoms with Gasteiger partial charge in [0.1, 0.15) is 6.61 Å². The molecule has 0 aliphatic carbocycles. The maximum absolute atomic E-state index is 12.7. The summed E-state index contributed by atoms with van der Waals surface area (Å²) < 4.78 is 17.3. The highest BCUT2D eigenvalue weighted by molar-refractivity contribution is 5.70. The molecule has 0 N–H and O–H groups in total. The van der Waals surface area contributed by atoms with Gasteiger partial charge in [-0.2, -0.15) is 0 Å². The molecule has 5 nitrogen and oxygen atoms in total. The quantitative estimate of drug-likeness (QED) is 0.0350. The smallest absolute Gasteiger partial charge is 0.306 e. The second-order valence-electron chi connectivity index (χ2n) is 16.0. The average Bonchev–Trinajstić information content (AvgIpc) is 3.20. The van der Waals surface area contributed by atoms with E-state index in [1.165, 1.54) is 135 Å². The van der Waals surface area contributed by atoms with Crippen LogP contribution < -0.4 is 0 Å². The normalized spacial score (nSPS) is 12.6. The first kappa shape index (κ1) is 53.9.